The van der Waals surface area contributed by atoms with Crippen LogP contribution in [-0.2, 0) is 6.42 Å². The summed E-state index contributed by atoms with van der Waals surface area (Å²) in [6, 6.07) is 27.3. The second kappa shape index (κ2) is 9.89. The summed E-state index contributed by atoms with van der Waals surface area (Å²) in [5.41, 5.74) is 14.7. The van der Waals surface area contributed by atoms with Crippen LogP contribution < -0.4 is 21.7 Å². The van der Waals surface area contributed by atoms with E-state index in [-0.39, 0.29) is 18.4 Å². The second-order valence-corrected chi connectivity index (χ2v) is 8.35. The van der Waals surface area contributed by atoms with E-state index in [1.807, 2.05) is 84.9 Å². The zero-order valence-corrected chi connectivity index (χ0v) is 19.8. The van der Waals surface area contributed by atoms with Gasteiger partial charge in [-0.25, -0.2) is 10.8 Å². The maximum Gasteiger partial charge on any atom is 0.279 e. The van der Waals surface area contributed by atoms with Crippen LogP contribution in [0.2, 0.25) is 0 Å². The number of fused-ring (bicyclic) bond motifs is 1. The molecule has 8 heteroatoms. The standard InChI is InChI=1S/C28H26N6O2/c1-36-22-14-12-19(13-15-22)24-21(17-31-28(29)32-30)16-23-25(18-8-4-2-5-9-18)26(33-34(23)27(24)35)20-10-6-3-7-11-20/h2-15H,16-17,30H2,1H3,(H3,29,31,32). The predicted octanol–water partition coefficient (Wildman–Crippen LogP) is 3.65. The molecule has 3 aromatic carbocycles. The summed E-state index contributed by atoms with van der Waals surface area (Å²) in [4.78, 5) is 18.4. The van der Waals surface area contributed by atoms with Gasteiger partial charge in [-0.05, 0) is 28.8 Å². The largest absolute Gasteiger partial charge is 0.497 e. The molecule has 1 aromatic heterocycles. The Labute approximate surface area is 208 Å². The number of aromatic nitrogens is 2. The van der Waals surface area contributed by atoms with Crippen molar-refractivity contribution in [2.75, 3.05) is 13.7 Å². The fourth-order valence-electron chi connectivity index (χ4n) is 4.48. The minimum Gasteiger partial charge on any atom is -0.497 e. The molecule has 2 heterocycles. The third kappa shape index (κ3) is 4.25. The number of methoxy groups -OCH3 is 1. The van der Waals surface area contributed by atoms with Gasteiger partial charge in [0.25, 0.3) is 5.91 Å². The molecule has 5 N–H and O–H groups in total. The lowest BCUT2D eigenvalue weighted by Gasteiger charge is -2.21. The summed E-state index contributed by atoms with van der Waals surface area (Å²) in [6.07, 6.45) is 0.471. The van der Waals surface area contributed by atoms with Crippen LogP contribution in [0.3, 0.4) is 0 Å². The second-order valence-electron chi connectivity index (χ2n) is 8.35. The molecule has 0 spiro atoms. The number of ether oxygens (including phenoxy) is 1. The van der Waals surface area contributed by atoms with Crippen LogP contribution in [0.4, 0.5) is 0 Å². The van der Waals surface area contributed by atoms with Crippen LogP contribution in [0.15, 0.2) is 95.5 Å². The molecule has 8 nitrogen and oxygen atoms in total. The number of nitrogens with one attached hydrogen (secondary N) is 1. The summed E-state index contributed by atoms with van der Waals surface area (Å²) in [5.74, 6) is 6.00. The normalized spacial score (nSPS) is 13.5. The highest BCUT2D eigenvalue weighted by molar-refractivity contribution is 6.23. The Hall–Kier alpha value is -4.69. The van der Waals surface area contributed by atoms with Crippen LogP contribution >= 0.6 is 0 Å². The number of nitrogens with zero attached hydrogens (tertiary/aromatic N) is 3. The minimum absolute atomic E-state index is 0.0939. The van der Waals surface area contributed by atoms with Crippen molar-refractivity contribution >= 4 is 17.4 Å². The van der Waals surface area contributed by atoms with Crippen LogP contribution in [0.5, 0.6) is 5.75 Å². The molecule has 0 saturated heterocycles. The van der Waals surface area contributed by atoms with Gasteiger partial charge in [0.1, 0.15) is 11.4 Å². The first-order valence-corrected chi connectivity index (χ1v) is 11.5. The van der Waals surface area contributed by atoms with Crippen molar-refractivity contribution in [1.82, 2.24) is 15.2 Å². The zero-order valence-electron chi connectivity index (χ0n) is 19.8. The maximum atomic E-state index is 14.0. The molecule has 0 bridgehead atoms. The van der Waals surface area contributed by atoms with Gasteiger partial charge in [-0.2, -0.15) is 9.78 Å². The lowest BCUT2D eigenvalue weighted by Crippen LogP contribution is -2.37. The van der Waals surface area contributed by atoms with Crippen LogP contribution in [0, 0.1) is 0 Å². The predicted molar refractivity (Wildman–Crippen MR) is 141 cm³/mol. The SMILES string of the molecule is COc1ccc(C2=C(CN=C(N)NN)Cc3c(-c4ccccc4)c(-c4ccccc4)nn3C2=O)cc1. The molecule has 0 atom stereocenters. The smallest absolute Gasteiger partial charge is 0.279 e. The highest BCUT2D eigenvalue weighted by Crippen LogP contribution is 2.40. The van der Waals surface area contributed by atoms with E-state index in [9.17, 15) is 4.79 Å². The molecule has 0 fully saturated rings. The number of aliphatic imine (C=N–C) groups is 1. The van der Waals surface area contributed by atoms with E-state index >= 15 is 0 Å². The number of guanidine groups is 1. The number of hydrogen-bond donors (Lipinski definition) is 3. The topological polar surface area (TPSA) is 121 Å². The van der Waals surface area contributed by atoms with Crippen molar-refractivity contribution in [1.29, 1.82) is 0 Å². The maximum absolute atomic E-state index is 14.0. The fraction of sp³-hybridized carbons (Fsp3) is 0.107. The Bertz CT molecular complexity index is 1460. The van der Waals surface area contributed by atoms with Crippen molar-refractivity contribution in [2.24, 2.45) is 16.6 Å². The Morgan fingerprint density at radius 1 is 0.972 bits per heavy atom. The molecular formula is C28H26N6O2. The van der Waals surface area contributed by atoms with Gasteiger partial charge < -0.3 is 10.5 Å². The quantitative estimate of drug-likeness (QED) is 0.168. The number of carbonyl (C=O) groups is 1. The summed E-state index contributed by atoms with van der Waals surface area (Å²) in [5, 5.41) is 4.85. The van der Waals surface area contributed by atoms with Gasteiger partial charge in [-0.15, -0.1) is 0 Å². The Balaban J connectivity index is 1.71. The third-order valence-electron chi connectivity index (χ3n) is 6.20. The number of hydrogen-bond acceptors (Lipinski definition) is 5. The lowest BCUT2D eigenvalue weighted by atomic mass is 9.89. The van der Waals surface area contributed by atoms with Crippen LogP contribution in [0.1, 0.15) is 16.1 Å². The number of hydrazine groups is 1. The van der Waals surface area contributed by atoms with Crippen molar-refractivity contribution in [3.8, 4) is 28.1 Å². The van der Waals surface area contributed by atoms with E-state index in [1.165, 1.54) is 4.68 Å². The van der Waals surface area contributed by atoms with Gasteiger partial charge in [0.05, 0.1) is 24.9 Å². The molecule has 4 aromatic rings. The zero-order chi connectivity index (χ0) is 25.1. The summed E-state index contributed by atoms with van der Waals surface area (Å²) in [6.45, 7) is 0.212. The molecule has 36 heavy (non-hydrogen) atoms. The summed E-state index contributed by atoms with van der Waals surface area (Å²) in [7, 11) is 1.61. The first-order valence-electron chi connectivity index (χ1n) is 11.5. The van der Waals surface area contributed by atoms with Crippen molar-refractivity contribution in [3.63, 3.8) is 0 Å². The van der Waals surface area contributed by atoms with Crippen LogP contribution in [-0.4, -0.2) is 35.3 Å². The number of allylic oxidation sites excluding steroid dienone is 1. The Kier molecular flexibility index (Phi) is 6.34. The first-order chi connectivity index (χ1) is 17.6. The number of benzene rings is 3. The van der Waals surface area contributed by atoms with Gasteiger partial charge in [0.2, 0.25) is 5.96 Å². The summed E-state index contributed by atoms with van der Waals surface area (Å²) >= 11 is 0. The highest BCUT2D eigenvalue weighted by Gasteiger charge is 2.32. The third-order valence-corrected chi connectivity index (χ3v) is 6.20. The molecule has 1 aliphatic rings. The van der Waals surface area contributed by atoms with Gasteiger partial charge in [0, 0.05) is 17.5 Å². The van der Waals surface area contributed by atoms with Gasteiger partial charge in [-0.1, -0.05) is 72.8 Å². The number of rotatable bonds is 6. The van der Waals surface area contributed by atoms with E-state index < -0.39 is 0 Å². The van der Waals surface area contributed by atoms with Gasteiger partial charge >= 0.3 is 0 Å². The molecule has 0 radical (unpaired) electrons. The molecule has 0 saturated carbocycles. The molecular weight excluding hydrogens is 452 g/mol. The van der Waals surface area contributed by atoms with Crippen LogP contribution in [0.25, 0.3) is 28.0 Å². The van der Waals surface area contributed by atoms with E-state index in [2.05, 4.69) is 10.4 Å². The van der Waals surface area contributed by atoms with E-state index in [0.29, 0.717) is 17.7 Å². The van der Waals surface area contributed by atoms with Crippen molar-refractivity contribution in [3.05, 3.63) is 102 Å². The van der Waals surface area contributed by atoms with E-state index in [4.69, 9.17) is 21.4 Å². The molecule has 0 amide bonds. The monoisotopic (exact) mass is 478 g/mol. The molecule has 0 unspecified atom stereocenters. The Morgan fingerprint density at radius 2 is 1.61 bits per heavy atom. The van der Waals surface area contributed by atoms with Gasteiger partial charge in [0.15, 0.2) is 0 Å². The average Bonchev–Trinajstić information content (AvgIpc) is 3.32. The van der Waals surface area contributed by atoms with Gasteiger partial charge in [-0.3, -0.25) is 10.2 Å². The lowest BCUT2D eigenvalue weighted by molar-refractivity contribution is 0.0958. The van der Waals surface area contributed by atoms with Crippen molar-refractivity contribution < 1.29 is 9.53 Å². The highest BCUT2D eigenvalue weighted by atomic mass is 16.5. The number of nitrogens with two attached hydrogens (primary N) is 2. The molecule has 180 valence electrons. The fourth-order valence-corrected chi connectivity index (χ4v) is 4.48. The average molecular weight is 479 g/mol. The molecule has 0 aliphatic carbocycles. The number of carbonyl (C=O) groups excluding carboxylic acids is 1. The molecule has 1 aliphatic heterocycles. The minimum atomic E-state index is -0.217. The Morgan fingerprint density at radius 3 is 2.22 bits per heavy atom. The van der Waals surface area contributed by atoms with E-state index in [1.54, 1.807) is 7.11 Å². The van der Waals surface area contributed by atoms with Crippen molar-refractivity contribution in [2.45, 2.75) is 6.42 Å². The molecule has 5 rings (SSSR count). The summed E-state index contributed by atoms with van der Waals surface area (Å²) < 4.78 is 6.83. The van der Waals surface area contributed by atoms with E-state index in [0.717, 1.165) is 39.2 Å². The first kappa shape index (κ1) is 23.1.